The average Bonchev–Trinajstić information content (AvgIpc) is 2.51. The van der Waals surface area contributed by atoms with Crippen LogP contribution in [0.1, 0.15) is 20.8 Å². The Balaban J connectivity index is 0. The zero-order chi connectivity index (χ0) is 19.1. The number of carbonyl (C=O) groups is 3. The molecule has 0 heterocycles. The van der Waals surface area contributed by atoms with Crippen molar-refractivity contribution in [2.45, 2.75) is 38.9 Å². The van der Waals surface area contributed by atoms with Crippen molar-refractivity contribution in [1.29, 1.82) is 0 Å². The van der Waals surface area contributed by atoms with Gasteiger partial charge in [-0.1, -0.05) is 21.6 Å². The number of hydrogen-bond donors (Lipinski definition) is 4. The molecule has 3 N–H and O–H groups in total. The molecule has 0 unspecified atom stereocenters. The SMILES string of the molecule is CN[C@@H](CS)C(C)=O.CN[C@@H](CSSC[C@H](NC)C(C)=O)C(C)=O. The first-order valence-electron chi connectivity index (χ1n) is 7.63. The summed E-state index contributed by atoms with van der Waals surface area (Å²) < 4.78 is 0. The van der Waals surface area contributed by atoms with E-state index in [-0.39, 0.29) is 35.5 Å². The number of rotatable bonds is 12. The first-order chi connectivity index (χ1) is 11.2. The average molecular weight is 398 g/mol. The second-order valence-corrected chi connectivity index (χ2v) is 8.02. The molecular formula is C15H31N3O3S3. The van der Waals surface area contributed by atoms with Gasteiger partial charge in [0.2, 0.25) is 0 Å². The number of nitrogens with one attached hydrogen (secondary N) is 3. The van der Waals surface area contributed by atoms with Crippen LogP contribution in [0, 0.1) is 0 Å². The minimum Gasteiger partial charge on any atom is -0.310 e. The third-order valence-corrected chi connectivity index (χ3v) is 6.04. The molecule has 0 bridgehead atoms. The van der Waals surface area contributed by atoms with E-state index in [1.54, 1.807) is 63.5 Å². The Morgan fingerprint density at radius 2 is 1.04 bits per heavy atom. The lowest BCUT2D eigenvalue weighted by atomic mass is 10.2. The molecule has 0 saturated carbocycles. The molecule has 0 rings (SSSR count). The minimum absolute atomic E-state index is 0.0710. The topological polar surface area (TPSA) is 87.3 Å². The van der Waals surface area contributed by atoms with Crippen molar-refractivity contribution in [1.82, 2.24) is 16.0 Å². The molecule has 0 aromatic heterocycles. The second kappa shape index (κ2) is 16.4. The maximum absolute atomic E-state index is 11.1. The Bertz CT molecular complexity index is 356. The van der Waals surface area contributed by atoms with Gasteiger partial charge in [-0.3, -0.25) is 14.4 Å². The van der Waals surface area contributed by atoms with Gasteiger partial charge >= 0.3 is 0 Å². The van der Waals surface area contributed by atoms with E-state index in [0.717, 1.165) is 11.5 Å². The molecule has 6 nitrogen and oxygen atoms in total. The van der Waals surface area contributed by atoms with Gasteiger partial charge < -0.3 is 16.0 Å². The lowest BCUT2D eigenvalue weighted by Gasteiger charge is -2.14. The first-order valence-corrected chi connectivity index (χ1v) is 10.7. The molecular weight excluding hydrogens is 366 g/mol. The summed E-state index contributed by atoms with van der Waals surface area (Å²) >= 11 is 3.95. The summed E-state index contributed by atoms with van der Waals surface area (Å²) in [6, 6.07) is -0.260. The summed E-state index contributed by atoms with van der Waals surface area (Å²) in [5, 5.41) is 8.75. The summed E-state index contributed by atoms with van der Waals surface area (Å²) in [7, 11) is 8.55. The van der Waals surface area contributed by atoms with Gasteiger partial charge in [-0.25, -0.2) is 0 Å². The fourth-order valence-corrected chi connectivity index (χ4v) is 4.56. The number of carbonyl (C=O) groups excluding carboxylic acids is 3. The standard InChI is InChI=1S/C10H20N2O2S2.C5H11NOS/c1-7(13)9(11-3)5-15-16-6-10(12-4)8(2)14;1-4(7)5(3-8)6-2/h9-12H,5-6H2,1-4H3;5-6,8H,3H2,1-2H3/t9-,10-;5-/m00/s1. The van der Waals surface area contributed by atoms with Gasteiger partial charge in [-0.05, 0) is 41.9 Å². The minimum atomic E-state index is -0.0946. The van der Waals surface area contributed by atoms with Crippen LogP contribution in [0.25, 0.3) is 0 Å². The van der Waals surface area contributed by atoms with Crippen LogP contribution in [0.4, 0.5) is 0 Å². The van der Waals surface area contributed by atoms with Gasteiger partial charge in [-0.2, -0.15) is 12.6 Å². The monoisotopic (exact) mass is 397 g/mol. The van der Waals surface area contributed by atoms with E-state index in [1.165, 1.54) is 0 Å². The molecule has 0 aliphatic heterocycles. The molecule has 3 atom stereocenters. The highest BCUT2D eigenvalue weighted by Crippen LogP contribution is 2.23. The summed E-state index contributed by atoms with van der Waals surface area (Å²) in [6.07, 6.45) is 0. The molecule has 0 spiro atoms. The first kappa shape index (κ1) is 26.2. The fourth-order valence-electron chi connectivity index (χ4n) is 1.46. The second-order valence-electron chi connectivity index (χ2n) is 5.11. The van der Waals surface area contributed by atoms with Crippen LogP contribution in [-0.4, -0.2) is 73.9 Å². The van der Waals surface area contributed by atoms with E-state index in [4.69, 9.17) is 0 Å². The molecule has 0 fully saturated rings. The van der Waals surface area contributed by atoms with E-state index in [9.17, 15) is 14.4 Å². The van der Waals surface area contributed by atoms with Gasteiger partial charge in [0.25, 0.3) is 0 Å². The maximum Gasteiger partial charge on any atom is 0.147 e. The Labute approximate surface area is 159 Å². The highest BCUT2D eigenvalue weighted by molar-refractivity contribution is 8.76. The van der Waals surface area contributed by atoms with Crippen molar-refractivity contribution in [3.8, 4) is 0 Å². The lowest BCUT2D eigenvalue weighted by molar-refractivity contribution is -0.119. The molecule has 0 aromatic rings. The van der Waals surface area contributed by atoms with Gasteiger partial charge in [0.1, 0.15) is 17.3 Å². The predicted molar refractivity (Wildman–Crippen MR) is 109 cm³/mol. The van der Waals surface area contributed by atoms with E-state index in [1.807, 2.05) is 0 Å². The van der Waals surface area contributed by atoms with Crippen LogP contribution >= 0.6 is 34.2 Å². The largest absolute Gasteiger partial charge is 0.310 e. The Kier molecular flexibility index (Phi) is 17.9. The summed E-state index contributed by atoms with van der Waals surface area (Å²) in [6.45, 7) is 4.72. The summed E-state index contributed by atoms with van der Waals surface area (Å²) in [5.41, 5.74) is 0. The van der Waals surface area contributed by atoms with Gasteiger partial charge in [0.05, 0.1) is 18.1 Å². The van der Waals surface area contributed by atoms with Crippen molar-refractivity contribution in [3.63, 3.8) is 0 Å². The third kappa shape index (κ3) is 13.3. The normalized spacial score (nSPS) is 14.1. The number of thiol groups is 1. The molecule has 0 amide bonds. The molecule has 0 aliphatic rings. The van der Waals surface area contributed by atoms with Crippen LogP contribution < -0.4 is 16.0 Å². The van der Waals surface area contributed by atoms with Crippen molar-refractivity contribution < 1.29 is 14.4 Å². The molecule has 142 valence electrons. The van der Waals surface area contributed by atoms with E-state index in [0.29, 0.717) is 5.75 Å². The molecule has 0 saturated heterocycles. The number of likely N-dealkylation sites (N-methyl/N-ethyl adjacent to an activating group) is 3. The van der Waals surface area contributed by atoms with Crippen molar-refractivity contribution >= 4 is 51.6 Å². The molecule has 0 aliphatic carbocycles. The van der Waals surface area contributed by atoms with Gasteiger partial charge in [-0.15, -0.1) is 0 Å². The van der Waals surface area contributed by atoms with E-state index >= 15 is 0 Å². The van der Waals surface area contributed by atoms with Crippen molar-refractivity contribution in [3.05, 3.63) is 0 Å². The van der Waals surface area contributed by atoms with Gasteiger partial charge in [0.15, 0.2) is 0 Å². The molecule has 9 heteroatoms. The smallest absolute Gasteiger partial charge is 0.147 e. The van der Waals surface area contributed by atoms with Crippen LogP contribution in [0.3, 0.4) is 0 Å². The lowest BCUT2D eigenvalue weighted by Crippen LogP contribution is -2.35. The van der Waals surface area contributed by atoms with Crippen LogP contribution in [-0.2, 0) is 14.4 Å². The molecule has 0 radical (unpaired) electrons. The van der Waals surface area contributed by atoms with Crippen LogP contribution in [0.15, 0.2) is 0 Å². The zero-order valence-corrected chi connectivity index (χ0v) is 17.9. The predicted octanol–water partition coefficient (Wildman–Crippen LogP) is 0.815. The number of Topliss-reactive ketones (excluding diaryl/α,β-unsaturated/α-hetero) is 3. The van der Waals surface area contributed by atoms with Crippen molar-refractivity contribution in [2.75, 3.05) is 38.4 Å². The zero-order valence-electron chi connectivity index (χ0n) is 15.3. The van der Waals surface area contributed by atoms with Crippen molar-refractivity contribution in [2.24, 2.45) is 0 Å². The van der Waals surface area contributed by atoms with Gasteiger partial charge in [0, 0.05) is 17.3 Å². The Morgan fingerprint density at radius 3 is 1.17 bits per heavy atom. The third-order valence-electron chi connectivity index (χ3n) is 3.25. The quantitative estimate of drug-likeness (QED) is 0.219. The number of hydrogen-bond acceptors (Lipinski definition) is 9. The highest BCUT2D eigenvalue weighted by Gasteiger charge is 2.14. The molecule has 0 aromatic carbocycles. The van der Waals surface area contributed by atoms with Crippen LogP contribution in [0.2, 0.25) is 0 Å². The fraction of sp³-hybridized carbons (Fsp3) is 0.800. The Hall–Kier alpha value is -0.0600. The van der Waals surface area contributed by atoms with E-state index in [2.05, 4.69) is 28.6 Å². The Morgan fingerprint density at radius 1 is 0.750 bits per heavy atom. The van der Waals surface area contributed by atoms with E-state index < -0.39 is 0 Å². The maximum atomic E-state index is 11.1. The summed E-state index contributed by atoms with van der Waals surface area (Å²) in [4.78, 5) is 32.7. The number of ketones is 3. The molecule has 24 heavy (non-hydrogen) atoms. The van der Waals surface area contributed by atoms with Crippen LogP contribution in [0.5, 0.6) is 0 Å². The summed E-state index contributed by atoms with van der Waals surface area (Å²) in [5.74, 6) is 2.46. The highest BCUT2D eigenvalue weighted by atomic mass is 33.1.